The minimum atomic E-state index is 0.416. The van der Waals surface area contributed by atoms with Crippen molar-refractivity contribution in [1.82, 2.24) is 0 Å². The van der Waals surface area contributed by atoms with Crippen LogP contribution in [0.5, 0.6) is 5.75 Å². The van der Waals surface area contributed by atoms with Crippen molar-refractivity contribution >= 4 is 0 Å². The number of nitrogens with zero attached hydrogens (tertiary/aromatic N) is 3. The zero-order chi connectivity index (χ0) is 10.9. The van der Waals surface area contributed by atoms with Crippen molar-refractivity contribution in [2.75, 3.05) is 13.7 Å². The van der Waals surface area contributed by atoms with Gasteiger partial charge in [0.1, 0.15) is 5.75 Å². The molecule has 0 bridgehead atoms. The molecular weight excluding hydrogens is 190 g/mol. The van der Waals surface area contributed by atoms with Crippen LogP contribution in [-0.2, 0) is 0 Å². The molecule has 0 fully saturated rings. The standard InChI is InChI=1S/C11H11N3O/c1-15-11-7-5-10(6-8-11)4-2-3-9-13-14-12/h5-8H,3,9H2,1H3. The predicted octanol–water partition coefficient (Wildman–Crippen LogP) is 2.75. The second-order valence-corrected chi connectivity index (χ2v) is 2.73. The van der Waals surface area contributed by atoms with E-state index in [-0.39, 0.29) is 0 Å². The third-order valence-corrected chi connectivity index (χ3v) is 1.72. The molecule has 0 atom stereocenters. The molecule has 0 saturated carbocycles. The van der Waals surface area contributed by atoms with Crippen LogP contribution in [0, 0.1) is 11.8 Å². The summed E-state index contributed by atoms with van der Waals surface area (Å²) in [5.41, 5.74) is 8.96. The van der Waals surface area contributed by atoms with Crippen LogP contribution < -0.4 is 4.74 Å². The van der Waals surface area contributed by atoms with Crippen molar-refractivity contribution in [2.24, 2.45) is 5.11 Å². The first-order valence-electron chi connectivity index (χ1n) is 4.50. The van der Waals surface area contributed by atoms with E-state index in [0.29, 0.717) is 13.0 Å². The van der Waals surface area contributed by atoms with Crippen LogP contribution in [0.25, 0.3) is 10.4 Å². The second-order valence-electron chi connectivity index (χ2n) is 2.73. The molecule has 0 aliphatic carbocycles. The Morgan fingerprint density at radius 3 is 2.73 bits per heavy atom. The molecule has 0 spiro atoms. The van der Waals surface area contributed by atoms with Crippen LogP contribution in [0.4, 0.5) is 0 Å². The number of benzene rings is 1. The molecule has 0 heterocycles. The van der Waals surface area contributed by atoms with E-state index in [9.17, 15) is 0 Å². The molecule has 0 aliphatic rings. The Bertz CT molecular complexity index is 408. The van der Waals surface area contributed by atoms with Gasteiger partial charge in [0.2, 0.25) is 0 Å². The number of hydrogen-bond donors (Lipinski definition) is 0. The summed E-state index contributed by atoms with van der Waals surface area (Å²) in [6.45, 7) is 0.416. The van der Waals surface area contributed by atoms with Gasteiger partial charge in [-0.2, -0.15) is 0 Å². The van der Waals surface area contributed by atoms with Gasteiger partial charge in [-0.05, 0) is 29.8 Å². The fourth-order valence-corrected chi connectivity index (χ4v) is 0.990. The number of ether oxygens (including phenoxy) is 1. The highest BCUT2D eigenvalue weighted by Crippen LogP contribution is 2.10. The Hall–Kier alpha value is -2.11. The van der Waals surface area contributed by atoms with E-state index in [1.165, 1.54) is 0 Å². The molecule has 1 rings (SSSR count). The highest BCUT2D eigenvalue weighted by Gasteiger charge is 1.89. The lowest BCUT2D eigenvalue weighted by Gasteiger charge is -1.97. The van der Waals surface area contributed by atoms with Gasteiger partial charge in [0.15, 0.2) is 0 Å². The van der Waals surface area contributed by atoms with Crippen molar-refractivity contribution < 1.29 is 4.74 Å². The average Bonchev–Trinajstić information content (AvgIpc) is 2.30. The first-order chi connectivity index (χ1) is 7.36. The molecule has 0 radical (unpaired) electrons. The van der Waals surface area contributed by atoms with Crippen molar-refractivity contribution in [3.63, 3.8) is 0 Å². The summed E-state index contributed by atoms with van der Waals surface area (Å²) in [4.78, 5) is 2.64. The predicted molar refractivity (Wildman–Crippen MR) is 58.5 cm³/mol. The van der Waals surface area contributed by atoms with Gasteiger partial charge in [-0.3, -0.25) is 0 Å². The summed E-state index contributed by atoms with van der Waals surface area (Å²) < 4.78 is 5.02. The van der Waals surface area contributed by atoms with Crippen LogP contribution in [-0.4, -0.2) is 13.7 Å². The van der Waals surface area contributed by atoms with Gasteiger partial charge in [-0.15, -0.1) is 0 Å². The summed E-state index contributed by atoms with van der Waals surface area (Å²) in [5.74, 6) is 6.70. The Morgan fingerprint density at radius 2 is 2.13 bits per heavy atom. The first-order valence-corrected chi connectivity index (χ1v) is 4.50. The normalized spacial score (nSPS) is 8.33. The summed E-state index contributed by atoms with van der Waals surface area (Å²) in [7, 11) is 1.63. The maximum Gasteiger partial charge on any atom is 0.118 e. The van der Waals surface area contributed by atoms with Crippen molar-refractivity contribution in [3.8, 4) is 17.6 Å². The molecule has 0 aromatic heterocycles. The fraction of sp³-hybridized carbons (Fsp3) is 0.273. The highest BCUT2D eigenvalue weighted by molar-refractivity contribution is 5.38. The van der Waals surface area contributed by atoms with Gasteiger partial charge in [0.05, 0.1) is 7.11 Å². The van der Waals surface area contributed by atoms with Gasteiger partial charge in [-0.1, -0.05) is 17.0 Å². The molecule has 0 amide bonds. The van der Waals surface area contributed by atoms with E-state index >= 15 is 0 Å². The Morgan fingerprint density at radius 1 is 1.40 bits per heavy atom. The van der Waals surface area contributed by atoms with Gasteiger partial charge < -0.3 is 4.74 Å². The molecule has 4 nitrogen and oxygen atoms in total. The monoisotopic (exact) mass is 201 g/mol. The van der Waals surface area contributed by atoms with E-state index in [4.69, 9.17) is 10.3 Å². The van der Waals surface area contributed by atoms with E-state index < -0.39 is 0 Å². The number of methoxy groups -OCH3 is 1. The lowest BCUT2D eigenvalue weighted by Crippen LogP contribution is -1.82. The van der Waals surface area contributed by atoms with Crippen molar-refractivity contribution in [2.45, 2.75) is 6.42 Å². The van der Waals surface area contributed by atoms with Gasteiger partial charge in [0.25, 0.3) is 0 Å². The minimum Gasteiger partial charge on any atom is -0.497 e. The van der Waals surface area contributed by atoms with Crippen LogP contribution >= 0.6 is 0 Å². The number of rotatable bonds is 3. The van der Waals surface area contributed by atoms with Gasteiger partial charge >= 0.3 is 0 Å². The zero-order valence-corrected chi connectivity index (χ0v) is 8.47. The smallest absolute Gasteiger partial charge is 0.118 e. The largest absolute Gasteiger partial charge is 0.497 e. The molecule has 1 aromatic carbocycles. The van der Waals surface area contributed by atoms with Crippen LogP contribution in [0.15, 0.2) is 29.4 Å². The summed E-state index contributed by atoms with van der Waals surface area (Å²) in [6, 6.07) is 7.49. The number of hydrogen-bond acceptors (Lipinski definition) is 2. The van der Waals surface area contributed by atoms with Crippen LogP contribution in [0.2, 0.25) is 0 Å². The third kappa shape index (κ3) is 4.08. The molecule has 4 heteroatoms. The quantitative estimate of drug-likeness (QED) is 0.244. The molecule has 76 valence electrons. The Balaban J connectivity index is 2.52. The molecule has 0 saturated heterocycles. The van der Waals surface area contributed by atoms with E-state index in [0.717, 1.165) is 11.3 Å². The van der Waals surface area contributed by atoms with Crippen LogP contribution in [0.1, 0.15) is 12.0 Å². The van der Waals surface area contributed by atoms with E-state index in [1.807, 2.05) is 24.3 Å². The van der Waals surface area contributed by atoms with Crippen molar-refractivity contribution in [1.29, 1.82) is 0 Å². The summed E-state index contributed by atoms with van der Waals surface area (Å²) >= 11 is 0. The average molecular weight is 201 g/mol. The maximum atomic E-state index is 8.04. The lowest BCUT2D eigenvalue weighted by atomic mass is 10.2. The molecule has 15 heavy (non-hydrogen) atoms. The van der Waals surface area contributed by atoms with Crippen LogP contribution in [0.3, 0.4) is 0 Å². The van der Waals surface area contributed by atoms with Gasteiger partial charge in [0, 0.05) is 23.4 Å². The molecular formula is C11H11N3O. The SMILES string of the molecule is COc1ccc(C#CCCN=[N+]=[N-])cc1. The third-order valence-electron chi connectivity index (χ3n) is 1.72. The Kier molecular flexibility index (Phi) is 4.65. The van der Waals surface area contributed by atoms with Gasteiger partial charge in [-0.25, -0.2) is 0 Å². The highest BCUT2D eigenvalue weighted by atomic mass is 16.5. The second kappa shape index (κ2) is 6.36. The molecule has 0 unspecified atom stereocenters. The van der Waals surface area contributed by atoms with E-state index in [2.05, 4.69) is 21.9 Å². The Labute approximate surface area is 88.5 Å². The minimum absolute atomic E-state index is 0.416. The zero-order valence-electron chi connectivity index (χ0n) is 8.47. The topological polar surface area (TPSA) is 58.0 Å². The van der Waals surface area contributed by atoms with Crippen molar-refractivity contribution in [3.05, 3.63) is 40.3 Å². The molecule has 0 aliphatic heterocycles. The summed E-state index contributed by atoms with van der Waals surface area (Å²) in [6.07, 6.45) is 0.579. The summed E-state index contributed by atoms with van der Waals surface area (Å²) in [5, 5.41) is 3.39. The molecule has 1 aromatic rings. The number of azide groups is 1. The molecule has 0 N–H and O–H groups in total. The lowest BCUT2D eigenvalue weighted by molar-refractivity contribution is 0.415. The fourth-order valence-electron chi connectivity index (χ4n) is 0.990. The first kappa shape index (κ1) is 11.0. The van der Waals surface area contributed by atoms with E-state index in [1.54, 1.807) is 7.11 Å². The maximum absolute atomic E-state index is 8.04.